The molecule has 0 aliphatic heterocycles. The lowest BCUT2D eigenvalue weighted by Crippen LogP contribution is -2.07. The summed E-state index contributed by atoms with van der Waals surface area (Å²) < 4.78 is 13.3. The zero-order valence-electron chi connectivity index (χ0n) is 7.17. The zero-order valence-corrected chi connectivity index (χ0v) is 7.17. The highest BCUT2D eigenvalue weighted by molar-refractivity contribution is 5.88. The Hall–Kier alpha value is -1.42. The molecule has 0 unspecified atom stereocenters. The third-order valence-electron chi connectivity index (χ3n) is 1.95. The summed E-state index contributed by atoms with van der Waals surface area (Å²) in [4.78, 5) is 10.5. The van der Waals surface area contributed by atoms with Crippen LogP contribution in [-0.4, -0.2) is 11.1 Å². The summed E-state index contributed by atoms with van der Waals surface area (Å²) in [5.74, 6) is -1.96. The molecule has 0 bridgehead atoms. The first kappa shape index (κ1) is 9.67. The van der Waals surface area contributed by atoms with E-state index in [1.807, 2.05) is 0 Å². The van der Waals surface area contributed by atoms with E-state index in [-0.39, 0.29) is 12.1 Å². The van der Waals surface area contributed by atoms with Gasteiger partial charge in [-0.1, -0.05) is 6.07 Å². The van der Waals surface area contributed by atoms with Crippen molar-refractivity contribution in [3.05, 3.63) is 34.6 Å². The summed E-state index contributed by atoms with van der Waals surface area (Å²) in [7, 11) is 0. The number of hydrogen-bond donors (Lipinski definition) is 2. The van der Waals surface area contributed by atoms with Gasteiger partial charge in [-0.15, -0.1) is 0 Å². The smallest absolute Gasteiger partial charge is 0.338 e. The van der Waals surface area contributed by atoms with Crippen molar-refractivity contribution in [1.29, 1.82) is 0 Å². The lowest BCUT2D eigenvalue weighted by Gasteiger charge is -2.05. The molecule has 0 atom stereocenters. The maximum atomic E-state index is 13.3. The monoisotopic (exact) mass is 183 g/mol. The van der Waals surface area contributed by atoms with Crippen LogP contribution < -0.4 is 5.73 Å². The number of nitrogens with two attached hydrogens (primary N) is 1. The molecule has 3 N–H and O–H groups in total. The number of aromatic carboxylic acids is 1. The molecule has 3 nitrogen and oxygen atoms in total. The van der Waals surface area contributed by atoms with Gasteiger partial charge >= 0.3 is 5.97 Å². The van der Waals surface area contributed by atoms with Gasteiger partial charge < -0.3 is 10.8 Å². The summed E-state index contributed by atoms with van der Waals surface area (Å²) in [5.41, 5.74) is 5.96. The highest BCUT2D eigenvalue weighted by Crippen LogP contribution is 2.16. The van der Waals surface area contributed by atoms with Crippen molar-refractivity contribution in [2.45, 2.75) is 13.5 Å². The van der Waals surface area contributed by atoms with E-state index in [0.717, 1.165) is 0 Å². The number of hydrogen-bond acceptors (Lipinski definition) is 2. The van der Waals surface area contributed by atoms with Gasteiger partial charge in [0.2, 0.25) is 0 Å². The molecule has 0 heterocycles. The minimum atomic E-state index is -1.26. The lowest BCUT2D eigenvalue weighted by atomic mass is 10.0. The summed E-state index contributed by atoms with van der Waals surface area (Å²) in [5, 5.41) is 8.58. The van der Waals surface area contributed by atoms with Gasteiger partial charge in [-0.25, -0.2) is 9.18 Å². The van der Waals surface area contributed by atoms with Crippen LogP contribution >= 0.6 is 0 Å². The topological polar surface area (TPSA) is 63.3 Å². The van der Waals surface area contributed by atoms with Crippen molar-refractivity contribution in [3.8, 4) is 0 Å². The first-order valence-corrected chi connectivity index (χ1v) is 3.79. The van der Waals surface area contributed by atoms with Crippen LogP contribution in [0.25, 0.3) is 0 Å². The third kappa shape index (κ3) is 1.67. The fraction of sp³-hybridized carbons (Fsp3) is 0.222. The fourth-order valence-corrected chi connectivity index (χ4v) is 1.11. The predicted molar refractivity (Wildman–Crippen MR) is 46.0 cm³/mol. The molecule has 0 saturated carbocycles. The SMILES string of the molecule is Cc1c(CN)ccc(C(=O)O)c1F. The highest BCUT2D eigenvalue weighted by Gasteiger charge is 2.13. The molecule has 0 amide bonds. The molecule has 1 aromatic carbocycles. The second-order valence-electron chi connectivity index (χ2n) is 2.72. The molecule has 0 aliphatic rings. The average molecular weight is 183 g/mol. The third-order valence-corrected chi connectivity index (χ3v) is 1.95. The van der Waals surface area contributed by atoms with Crippen LogP contribution in [0.1, 0.15) is 21.5 Å². The van der Waals surface area contributed by atoms with Gasteiger partial charge in [-0.2, -0.15) is 0 Å². The predicted octanol–water partition coefficient (Wildman–Crippen LogP) is 1.29. The van der Waals surface area contributed by atoms with Crippen molar-refractivity contribution in [3.63, 3.8) is 0 Å². The molecule has 1 rings (SSSR count). The molecule has 1 aromatic rings. The van der Waals surface area contributed by atoms with Crippen LogP contribution in [0.2, 0.25) is 0 Å². The minimum Gasteiger partial charge on any atom is -0.478 e. The molecule has 0 saturated heterocycles. The Morgan fingerprint density at radius 3 is 2.69 bits per heavy atom. The Morgan fingerprint density at radius 1 is 1.62 bits per heavy atom. The highest BCUT2D eigenvalue weighted by atomic mass is 19.1. The van der Waals surface area contributed by atoms with Crippen LogP contribution in [-0.2, 0) is 6.54 Å². The second kappa shape index (κ2) is 3.53. The number of carbonyl (C=O) groups is 1. The number of halogens is 1. The molecule has 0 spiro atoms. The van der Waals surface area contributed by atoms with E-state index in [0.29, 0.717) is 11.1 Å². The van der Waals surface area contributed by atoms with Gasteiger partial charge in [-0.05, 0) is 24.1 Å². The Labute approximate surface area is 75.0 Å². The second-order valence-corrected chi connectivity index (χ2v) is 2.72. The molecule has 0 aromatic heterocycles. The van der Waals surface area contributed by atoms with Crippen molar-refractivity contribution < 1.29 is 14.3 Å². The maximum absolute atomic E-state index is 13.3. The number of benzene rings is 1. The van der Waals surface area contributed by atoms with Crippen LogP contribution in [0.5, 0.6) is 0 Å². The standard InChI is InChI=1S/C9H10FNO2/c1-5-6(4-11)2-3-7(8(5)10)9(12)13/h2-3H,4,11H2,1H3,(H,12,13). The van der Waals surface area contributed by atoms with Crippen LogP contribution in [0, 0.1) is 12.7 Å². The van der Waals surface area contributed by atoms with Crippen LogP contribution in [0.15, 0.2) is 12.1 Å². The maximum Gasteiger partial charge on any atom is 0.338 e. The molecule has 0 radical (unpaired) electrons. The van der Waals surface area contributed by atoms with Crippen molar-refractivity contribution in [2.24, 2.45) is 5.73 Å². The molecule has 13 heavy (non-hydrogen) atoms. The lowest BCUT2D eigenvalue weighted by molar-refractivity contribution is 0.0691. The quantitative estimate of drug-likeness (QED) is 0.726. The van der Waals surface area contributed by atoms with Gasteiger partial charge in [0, 0.05) is 6.54 Å². The summed E-state index contributed by atoms with van der Waals surface area (Å²) in [6.07, 6.45) is 0. The fourth-order valence-electron chi connectivity index (χ4n) is 1.11. The largest absolute Gasteiger partial charge is 0.478 e. The number of carboxylic acid groups (broad SMARTS) is 1. The van der Waals surface area contributed by atoms with E-state index in [1.54, 1.807) is 0 Å². The van der Waals surface area contributed by atoms with Crippen molar-refractivity contribution in [2.75, 3.05) is 0 Å². The molecule has 0 aliphatic carbocycles. The van der Waals surface area contributed by atoms with E-state index < -0.39 is 11.8 Å². The van der Waals surface area contributed by atoms with Gasteiger partial charge in [0.1, 0.15) is 5.82 Å². The van der Waals surface area contributed by atoms with E-state index >= 15 is 0 Å². The Kier molecular flexibility index (Phi) is 2.63. The van der Waals surface area contributed by atoms with Gasteiger partial charge in [0.25, 0.3) is 0 Å². The number of carboxylic acids is 1. The average Bonchev–Trinajstić information content (AvgIpc) is 2.09. The number of rotatable bonds is 2. The zero-order chi connectivity index (χ0) is 10.0. The molecule has 4 heteroatoms. The van der Waals surface area contributed by atoms with Crippen molar-refractivity contribution >= 4 is 5.97 Å². The molecule has 70 valence electrons. The molecular weight excluding hydrogens is 173 g/mol. The van der Waals surface area contributed by atoms with Gasteiger partial charge in [0.05, 0.1) is 5.56 Å². The Balaban J connectivity index is 3.31. The van der Waals surface area contributed by atoms with E-state index in [1.165, 1.54) is 19.1 Å². The van der Waals surface area contributed by atoms with Crippen LogP contribution in [0.3, 0.4) is 0 Å². The molecule has 0 fully saturated rings. The van der Waals surface area contributed by atoms with Gasteiger partial charge in [0.15, 0.2) is 0 Å². The first-order chi connectivity index (χ1) is 6.07. The summed E-state index contributed by atoms with van der Waals surface area (Å²) in [6, 6.07) is 2.76. The Bertz CT molecular complexity index is 350. The van der Waals surface area contributed by atoms with Crippen molar-refractivity contribution in [1.82, 2.24) is 0 Å². The Morgan fingerprint density at radius 2 is 2.23 bits per heavy atom. The van der Waals surface area contributed by atoms with E-state index in [9.17, 15) is 9.18 Å². The first-order valence-electron chi connectivity index (χ1n) is 3.79. The van der Waals surface area contributed by atoms with E-state index in [4.69, 9.17) is 10.8 Å². The summed E-state index contributed by atoms with van der Waals surface area (Å²) >= 11 is 0. The summed E-state index contributed by atoms with van der Waals surface area (Å²) in [6.45, 7) is 1.73. The molecular formula is C9H10FNO2. The normalized spacial score (nSPS) is 10.1. The van der Waals surface area contributed by atoms with E-state index in [2.05, 4.69) is 0 Å². The minimum absolute atomic E-state index is 0.211. The van der Waals surface area contributed by atoms with Gasteiger partial charge in [-0.3, -0.25) is 0 Å². The van der Waals surface area contributed by atoms with Crippen LogP contribution in [0.4, 0.5) is 4.39 Å².